The van der Waals surface area contributed by atoms with E-state index in [2.05, 4.69) is 9.88 Å². The third-order valence-corrected chi connectivity index (χ3v) is 4.06. The number of likely N-dealkylation sites (tertiary alicyclic amines) is 1. The van der Waals surface area contributed by atoms with Crippen LogP contribution >= 0.6 is 22.9 Å². The van der Waals surface area contributed by atoms with Crippen molar-refractivity contribution in [2.45, 2.75) is 31.6 Å². The van der Waals surface area contributed by atoms with Crippen LogP contribution in [0.25, 0.3) is 0 Å². The lowest BCUT2D eigenvalue weighted by Crippen LogP contribution is -2.42. The number of halogens is 1. The number of nitrogens with zero attached hydrogens (tertiary/aromatic N) is 2. The number of rotatable bonds is 2. The second kappa shape index (κ2) is 4.01. The molecule has 3 rings (SSSR count). The second-order valence-corrected chi connectivity index (χ2v) is 5.68. The Hall–Kier alpha value is -0.160. The predicted molar refractivity (Wildman–Crippen MR) is 60.3 cm³/mol. The molecule has 0 N–H and O–H groups in total. The molecule has 2 atom stereocenters. The van der Waals surface area contributed by atoms with E-state index < -0.39 is 0 Å². The maximum Gasteiger partial charge on any atom is 0.183 e. The fraction of sp³-hybridized carbons (Fsp3) is 0.700. The van der Waals surface area contributed by atoms with Gasteiger partial charge in [0.15, 0.2) is 4.47 Å². The summed E-state index contributed by atoms with van der Waals surface area (Å²) in [6.45, 7) is 3.01. The van der Waals surface area contributed by atoms with E-state index in [0.717, 1.165) is 25.3 Å². The number of hydrogen-bond donors (Lipinski definition) is 0. The minimum Gasteiger partial charge on any atom is -0.372 e. The lowest BCUT2D eigenvalue weighted by Gasteiger charge is -2.31. The van der Waals surface area contributed by atoms with Crippen molar-refractivity contribution in [1.29, 1.82) is 0 Å². The highest BCUT2D eigenvalue weighted by Crippen LogP contribution is 2.27. The first-order valence-corrected chi connectivity index (χ1v) is 6.53. The Labute approximate surface area is 98.0 Å². The van der Waals surface area contributed by atoms with Crippen LogP contribution in [-0.4, -0.2) is 35.2 Å². The number of ether oxygens (including phenoxy) is 1. The standard InChI is InChI=1S/C10H13ClN2OS/c11-10-12-7(6-15-10)3-13-4-8-1-2-9(5-13)14-8/h6,8-9H,1-5H2. The van der Waals surface area contributed by atoms with Crippen LogP contribution < -0.4 is 0 Å². The summed E-state index contributed by atoms with van der Waals surface area (Å²) < 4.78 is 6.42. The van der Waals surface area contributed by atoms with E-state index in [0.29, 0.717) is 16.7 Å². The molecule has 2 aliphatic rings. The Morgan fingerprint density at radius 1 is 1.47 bits per heavy atom. The highest BCUT2D eigenvalue weighted by Gasteiger charge is 2.33. The smallest absolute Gasteiger partial charge is 0.183 e. The Bertz CT molecular complexity index is 345. The number of fused-ring (bicyclic) bond motifs is 2. The van der Waals surface area contributed by atoms with Crippen LogP contribution in [0.5, 0.6) is 0 Å². The van der Waals surface area contributed by atoms with Crippen molar-refractivity contribution in [3.05, 3.63) is 15.5 Å². The van der Waals surface area contributed by atoms with E-state index in [4.69, 9.17) is 16.3 Å². The lowest BCUT2D eigenvalue weighted by molar-refractivity contribution is -0.0413. The van der Waals surface area contributed by atoms with Crippen LogP contribution in [0.3, 0.4) is 0 Å². The first-order valence-electron chi connectivity index (χ1n) is 5.27. The SMILES string of the molecule is Clc1nc(CN2CC3CCC(C2)O3)cs1. The summed E-state index contributed by atoms with van der Waals surface area (Å²) in [5, 5.41) is 2.04. The van der Waals surface area contributed by atoms with Crippen LogP contribution in [0, 0.1) is 0 Å². The van der Waals surface area contributed by atoms with Crippen molar-refractivity contribution < 1.29 is 4.74 Å². The third kappa shape index (κ3) is 2.18. The zero-order valence-electron chi connectivity index (χ0n) is 8.36. The molecule has 2 bridgehead atoms. The summed E-state index contributed by atoms with van der Waals surface area (Å²) in [7, 11) is 0. The number of aromatic nitrogens is 1. The third-order valence-electron chi connectivity index (χ3n) is 3.03. The zero-order valence-corrected chi connectivity index (χ0v) is 9.93. The van der Waals surface area contributed by atoms with Crippen molar-refractivity contribution in [1.82, 2.24) is 9.88 Å². The van der Waals surface area contributed by atoms with Gasteiger partial charge in [0.2, 0.25) is 0 Å². The first kappa shape index (κ1) is 10.0. The van der Waals surface area contributed by atoms with Crippen molar-refractivity contribution in [2.75, 3.05) is 13.1 Å². The van der Waals surface area contributed by atoms with E-state index in [1.54, 1.807) is 0 Å². The van der Waals surface area contributed by atoms with Crippen molar-refractivity contribution >= 4 is 22.9 Å². The van der Waals surface area contributed by atoms with E-state index in [1.807, 2.05) is 5.38 Å². The second-order valence-electron chi connectivity index (χ2n) is 4.24. The van der Waals surface area contributed by atoms with Crippen molar-refractivity contribution in [2.24, 2.45) is 0 Å². The van der Waals surface area contributed by atoms with E-state index in [-0.39, 0.29) is 0 Å². The summed E-state index contributed by atoms with van der Waals surface area (Å²) in [5.41, 5.74) is 1.09. The van der Waals surface area contributed by atoms with Gasteiger partial charge in [0.1, 0.15) is 0 Å². The zero-order chi connectivity index (χ0) is 10.3. The largest absolute Gasteiger partial charge is 0.372 e. The molecule has 0 spiro atoms. The summed E-state index contributed by atoms with van der Waals surface area (Å²) in [4.78, 5) is 6.70. The molecule has 0 radical (unpaired) electrons. The molecule has 82 valence electrons. The maximum absolute atomic E-state index is 5.81. The maximum atomic E-state index is 5.81. The topological polar surface area (TPSA) is 25.4 Å². The predicted octanol–water partition coefficient (Wildman–Crippen LogP) is 2.16. The van der Waals surface area contributed by atoms with Crippen LogP contribution in [-0.2, 0) is 11.3 Å². The fourth-order valence-electron chi connectivity index (χ4n) is 2.41. The molecule has 5 heteroatoms. The summed E-state index contributed by atoms with van der Waals surface area (Å²) >= 11 is 7.32. The van der Waals surface area contributed by atoms with Gasteiger partial charge in [0, 0.05) is 25.0 Å². The van der Waals surface area contributed by atoms with Crippen LogP contribution in [0.1, 0.15) is 18.5 Å². The normalized spacial score (nSPS) is 31.0. The molecule has 1 aromatic rings. The van der Waals surface area contributed by atoms with Crippen molar-refractivity contribution in [3.8, 4) is 0 Å². The minimum absolute atomic E-state index is 0.456. The van der Waals surface area contributed by atoms with Crippen LogP contribution in [0.15, 0.2) is 5.38 Å². The molecule has 1 aromatic heterocycles. The van der Waals surface area contributed by atoms with Gasteiger partial charge in [-0.1, -0.05) is 11.6 Å². The monoisotopic (exact) mass is 244 g/mol. The van der Waals surface area contributed by atoms with E-state index >= 15 is 0 Å². The number of thiazole rings is 1. The van der Waals surface area contributed by atoms with Gasteiger partial charge in [0.05, 0.1) is 17.9 Å². The molecule has 0 aliphatic carbocycles. The average molecular weight is 245 g/mol. The number of hydrogen-bond acceptors (Lipinski definition) is 4. The molecular formula is C10H13ClN2OS. The molecule has 15 heavy (non-hydrogen) atoms. The molecule has 2 aliphatic heterocycles. The summed E-state index contributed by atoms with van der Waals surface area (Å²) in [6, 6.07) is 0. The van der Waals surface area contributed by atoms with Crippen LogP contribution in [0.4, 0.5) is 0 Å². The minimum atomic E-state index is 0.456. The Morgan fingerprint density at radius 2 is 2.20 bits per heavy atom. The van der Waals surface area contributed by atoms with Gasteiger partial charge in [-0.2, -0.15) is 0 Å². The van der Waals surface area contributed by atoms with Gasteiger partial charge < -0.3 is 4.74 Å². The molecule has 2 saturated heterocycles. The summed E-state index contributed by atoms with van der Waals surface area (Å²) in [6.07, 6.45) is 3.36. The van der Waals surface area contributed by atoms with Crippen molar-refractivity contribution in [3.63, 3.8) is 0 Å². The van der Waals surface area contributed by atoms with Gasteiger partial charge in [-0.25, -0.2) is 4.98 Å². The Kier molecular flexibility index (Phi) is 2.68. The molecule has 2 fully saturated rings. The van der Waals surface area contributed by atoms with Crippen LogP contribution in [0.2, 0.25) is 4.47 Å². The van der Waals surface area contributed by atoms with E-state index in [9.17, 15) is 0 Å². The first-order chi connectivity index (χ1) is 7.29. The van der Waals surface area contributed by atoms with Gasteiger partial charge >= 0.3 is 0 Å². The molecule has 3 heterocycles. The lowest BCUT2D eigenvalue weighted by atomic mass is 10.2. The Balaban J connectivity index is 1.64. The Morgan fingerprint density at radius 3 is 2.80 bits per heavy atom. The molecular weight excluding hydrogens is 232 g/mol. The molecule has 0 aromatic carbocycles. The van der Waals surface area contributed by atoms with Gasteiger partial charge in [-0.15, -0.1) is 11.3 Å². The summed E-state index contributed by atoms with van der Waals surface area (Å²) in [5.74, 6) is 0. The average Bonchev–Trinajstić information content (AvgIpc) is 2.74. The molecule has 2 unspecified atom stereocenters. The molecule has 0 amide bonds. The van der Waals surface area contributed by atoms with Gasteiger partial charge in [-0.05, 0) is 12.8 Å². The van der Waals surface area contributed by atoms with Gasteiger partial charge in [0.25, 0.3) is 0 Å². The number of morpholine rings is 1. The van der Waals surface area contributed by atoms with Gasteiger partial charge in [-0.3, -0.25) is 4.90 Å². The molecule has 3 nitrogen and oxygen atoms in total. The highest BCUT2D eigenvalue weighted by molar-refractivity contribution is 7.13. The quantitative estimate of drug-likeness (QED) is 0.797. The molecule has 0 saturated carbocycles. The van der Waals surface area contributed by atoms with E-state index in [1.165, 1.54) is 24.2 Å². The highest BCUT2D eigenvalue weighted by atomic mass is 35.5. The fourth-order valence-corrected chi connectivity index (χ4v) is 3.18.